The van der Waals surface area contributed by atoms with E-state index >= 15 is 0 Å². The molecule has 2 rings (SSSR count). The number of nitrogens with two attached hydrogens (primary N) is 1. The van der Waals surface area contributed by atoms with Crippen LogP contribution in [0.4, 0.5) is 11.5 Å². The van der Waals surface area contributed by atoms with Crippen molar-refractivity contribution < 1.29 is 9.90 Å². The number of aromatic amines is 1. The first kappa shape index (κ1) is 17.9. The molecule has 8 nitrogen and oxygen atoms in total. The summed E-state index contributed by atoms with van der Waals surface area (Å²) in [6.45, 7) is 2.13. The van der Waals surface area contributed by atoms with Gasteiger partial charge in [-0.1, -0.05) is 31.2 Å². The highest BCUT2D eigenvalue weighted by atomic mass is 16.4. The second kappa shape index (κ2) is 7.91. The number of H-pyrrole nitrogens is 1. The quantitative estimate of drug-likeness (QED) is 0.539. The Morgan fingerprint density at radius 2 is 1.92 bits per heavy atom. The smallest absolute Gasteiger partial charge is 0.330 e. The Hall–Kier alpha value is -3.42. The molecule has 1 aromatic carbocycles. The topological polar surface area (TPSA) is 131 Å². The minimum absolute atomic E-state index is 0.0251. The molecule has 0 unspecified atom stereocenters. The fourth-order valence-electron chi connectivity index (χ4n) is 2.13. The molecule has 0 radical (unpaired) electrons. The van der Waals surface area contributed by atoms with E-state index in [4.69, 9.17) is 10.8 Å². The van der Waals surface area contributed by atoms with Crippen LogP contribution >= 0.6 is 0 Å². The number of hydrogen-bond donors (Lipinski definition) is 3. The van der Waals surface area contributed by atoms with Gasteiger partial charge in [-0.2, -0.15) is 0 Å². The molecule has 0 fully saturated rings. The lowest BCUT2D eigenvalue weighted by Gasteiger charge is -2.05. The molecule has 0 aliphatic rings. The molecule has 1 heterocycles. The SMILES string of the molecule is CCCn1c(=O)[nH]c(N)c(N=Cc2ccc(/C=C/C(=O)O)cc2)c1=O. The van der Waals surface area contributed by atoms with Crippen LogP contribution in [0.3, 0.4) is 0 Å². The Kier molecular flexibility index (Phi) is 5.67. The van der Waals surface area contributed by atoms with Crippen LogP contribution in [-0.4, -0.2) is 26.8 Å². The summed E-state index contributed by atoms with van der Waals surface area (Å²) < 4.78 is 1.06. The molecule has 0 atom stereocenters. The zero-order valence-electron chi connectivity index (χ0n) is 13.6. The molecular formula is C17H18N4O4. The van der Waals surface area contributed by atoms with E-state index in [0.29, 0.717) is 17.5 Å². The Balaban J connectivity index is 2.30. The van der Waals surface area contributed by atoms with Crippen LogP contribution in [0.5, 0.6) is 0 Å². The van der Waals surface area contributed by atoms with Crippen molar-refractivity contribution in [2.75, 3.05) is 5.73 Å². The van der Waals surface area contributed by atoms with E-state index in [-0.39, 0.29) is 18.1 Å². The third-order valence-electron chi connectivity index (χ3n) is 3.33. The van der Waals surface area contributed by atoms with Gasteiger partial charge in [-0.25, -0.2) is 14.6 Å². The third-order valence-corrected chi connectivity index (χ3v) is 3.33. The summed E-state index contributed by atoms with van der Waals surface area (Å²) in [6.07, 6.45) is 4.58. The van der Waals surface area contributed by atoms with E-state index in [9.17, 15) is 14.4 Å². The number of carboxylic acid groups (broad SMARTS) is 1. The third kappa shape index (κ3) is 4.54. The second-order valence-corrected chi connectivity index (χ2v) is 5.25. The lowest BCUT2D eigenvalue weighted by Crippen LogP contribution is -2.35. The van der Waals surface area contributed by atoms with Gasteiger partial charge in [-0.15, -0.1) is 0 Å². The summed E-state index contributed by atoms with van der Waals surface area (Å²) in [4.78, 5) is 41.1. The number of nitrogens with zero attached hydrogens (tertiary/aromatic N) is 2. The first-order chi connectivity index (χ1) is 11.9. The van der Waals surface area contributed by atoms with Crippen LogP contribution in [0.1, 0.15) is 24.5 Å². The highest BCUT2D eigenvalue weighted by Crippen LogP contribution is 2.12. The number of hydrogen-bond acceptors (Lipinski definition) is 5. The number of aliphatic carboxylic acids is 1. The van der Waals surface area contributed by atoms with E-state index in [1.165, 1.54) is 12.3 Å². The minimum Gasteiger partial charge on any atom is -0.478 e. The number of aromatic nitrogens is 2. The van der Waals surface area contributed by atoms with E-state index in [2.05, 4.69) is 9.98 Å². The molecule has 0 bridgehead atoms. The number of nitrogen functional groups attached to an aromatic ring is 1. The number of carboxylic acids is 1. The molecule has 0 amide bonds. The van der Waals surface area contributed by atoms with Gasteiger partial charge in [0, 0.05) is 18.8 Å². The molecule has 4 N–H and O–H groups in total. The van der Waals surface area contributed by atoms with E-state index in [1.807, 2.05) is 6.92 Å². The molecule has 0 aliphatic heterocycles. The number of carbonyl (C=O) groups is 1. The van der Waals surface area contributed by atoms with Gasteiger partial charge < -0.3 is 10.8 Å². The zero-order valence-corrected chi connectivity index (χ0v) is 13.6. The largest absolute Gasteiger partial charge is 0.478 e. The van der Waals surface area contributed by atoms with Crippen LogP contribution in [-0.2, 0) is 11.3 Å². The van der Waals surface area contributed by atoms with Crippen molar-refractivity contribution in [3.8, 4) is 0 Å². The molecular weight excluding hydrogens is 324 g/mol. The van der Waals surface area contributed by atoms with Crippen molar-refractivity contribution in [1.29, 1.82) is 0 Å². The molecule has 25 heavy (non-hydrogen) atoms. The highest BCUT2D eigenvalue weighted by Gasteiger charge is 2.10. The van der Waals surface area contributed by atoms with Gasteiger partial charge in [-0.3, -0.25) is 14.3 Å². The first-order valence-corrected chi connectivity index (χ1v) is 7.60. The summed E-state index contributed by atoms with van der Waals surface area (Å²) in [6, 6.07) is 6.87. The van der Waals surface area contributed by atoms with E-state index < -0.39 is 17.2 Å². The zero-order chi connectivity index (χ0) is 18.4. The normalized spacial score (nSPS) is 11.4. The Morgan fingerprint density at radius 3 is 2.52 bits per heavy atom. The molecule has 0 spiro atoms. The lowest BCUT2D eigenvalue weighted by molar-refractivity contribution is -0.131. The average molecular weight is 342 g/mol. The Morgan fingerprint density at radius 1 is 1.28 bits per heavy atom. The van der Waals surface area contributed by atoms with Gasteiger partial charge >= 0.3 is 11.7 Å². The number of benzene rings is 1. The van der Waals surface area contributed by atoms with Gasteiger partial charge in [0.2, 0.25) is 0 Å². The van der Waals surface area contributed by atoms with Crippen molar-refractivity contribution in [1.82, 2.24) is 9.55 Å². The fourth-order valence-corrected chi connectivity index (χ4v) is 2.13. The molecule has 0 saturated carbocycles. The number of nitrogens with one attached hydrogen (secondary N) is 1. The summed E-state index contributed by atoms with van der Waals surface area (Å²) in [5.41, 5.74) is 5.98. The van der Waals surface area contributed by atoms with Crippen molar-refractivity contribution in [3.05, 3.63) is 62.3 Å². The van der Waals surface area contributed by atoms with Crippen molar-refractivity contribution in [2.45, 2.75) is 19.9 Å². The molecule has 1 aromatic heterocycles. The van der Waals surface area contributed by atoms with Crippen LogP contribution in [0, 0.1) is 0 Å². The Labute approximate surface area is 143 Å². The highest BCUT2D eigenvalue weighted by molar-refractivity contribution is 5.86. The summed E-state index contributed by atoms with van der Waals surface area (Å²) in [5.74, 6) is -1.11. The number of anilines is 1. The van der Waals surface area contributed by atoms with Crippen LogP contribution < -0.4 is 17.0 Å². The number of rotatable bonds is 6. The second-order valence-electron chi connectivity index (χ2n) is 5.25. The van der Waals surface area contributed by atoms with Crippen molar-refractivity contribution in [3.63, 3.8) is 0 Å². The average Bonchev–Trinajstić information content (AvgIpc) is 2.57. The van der Waals surface area contributed by atoms with E-state index in [1.54, 1.807) is 24.3 Å². The number of aliphatic imine (C=N–C) groups is 1. The van der Waals surface area contributed by atoms with Gasteiger partial charge in [0.1, 0.15) is 5.82 Å². The molecule has 0 aliphatic carbocycles. The maximum absolute atomic E-state index is 12.3. The molecule has 0 saturated heterocycles. The fraction of sp³-hybridized carbons (Fsp3) is 0.176. The maximum Gasteiger partial charge on any atom is 0.330 e. The van der Waals surface area contributed by atoms with Crippen LogP contribution in [0.2, 0.25) is 0 Å². The summed E-state index contributed by atoms with van der Waals surface area (Å²) >= 11 is 0. The molecule has 130 valence electrons. The first-order valence-electron chi connectivity index (χ1n) is 7.60. The summed E-state index contributed by atoms with van der Waals surface area (Å²) in [5, 5.41) is 8.60. The van der Waals surface area contributed by atoms with Gasteiger partial charge in [0.25, 0.3) is 5.56 Å². The molecule has 2 aromatic rings. The van der Waals surface area contributed by atoms with Gasteiger partial charge in [0.15, 0.2) is 5.69 Å². The minimum atomic E-state index is -1.03. The predicted octanol–water partition coefficient (Wildman–Crippen LogP) is 1.38. The van der Waals surface area contributed by atoms with Gasteiger partial charge in [-0.05, 0) is 23.6 Å². The van der Waals surface area contributed by atoms with Crippen molar-refractivity contribution >= 4 is 29.8 Å². The Bertz CT molecular complexity index is 937. The van der Waals surface area contributed by atoms with E-state index in [0.717, 1.165) is 10.6 Å². The predicted molar refractivity (Wildman–Crippen MR) is 96.4 cm³/mol. The standard InChI is InChI=1S/C17H18N4O4/c1-2-9-21-16(24)14(15(18)20-17(21)25)19-10-12-5-3-11(4-6-12)7-8-13(22)23/h3-8,10H,2,9,18H2,1H3,(H,20,25)(H,22,23)/b8-7+,19-10?. The molecule has 8 heteroatoms. The van der Waals surface area contributed by atoms with Crippen molar-refractivity contribution in [2.24, 2.45) is 4.99 Å². The van der Waals surface area contributed by atoms with Crippen LogP contribution in [0.15, 0.2) is 44.9 Å². The summed E-state index contributed by atoms with van der Waals surface area (Å²) in [7, 11) is 0. The van der Waals surface area contributed by atoms with Gasteiger partial charge in [0.05, 0.1) is 0 Å². The monoisotopic (exact) mass is 342 g/mol. The lowest BCUT2D eigenvalue weighted by atomic mass is 10.1. The maximum atomic E-state index is 12.3. The van der Waals surface area contributed by atoms with Crippen LogP contribution in [0.25, 0.3) is 6.08 Å².